The Morgan fingerprint density at radius 2 is 2.23 bits per heavy atom. The van der Waals surface area contributed by atoms with E-state index < -0.39 is 11.5 Å². The summed E-state index contributed by atoms with van der Waals surface area (Å²) >= 11 is 0. The summed E-state index contributed by atoms with van der Waals surface area (Å²) in [5, 5.41) is 10.5. The summed E-state index contributed by atoms with van der Waals surface area (Å²) in [4.78, 5) is 29.0. The molecule has 2 aliphatic heterocycles. The number of nitrogens with two attached hydrogens (primary N) is 1. The Labute approximate surface area is 173 Å². The molecule has 8 nitrogen and oxygen atoms in total. The van der Waals surface area contributed by atoms with Gasteiger partial charge in [-0.05, 0) is 29.8 Å². The van der Waals surface area contributed by atoms with Crippen molar-refractivity contribution in [2.45, 2.75) is 24.2 Å². The number of rotatable bonds is 4. The lowest BCUT2D eigenvalue weighted by Crippen LogP contribution is -2.42. The molecular formula is C22H21N3O5. The van der Waals surface area contributed by atoms with Crippen LogP contribution in [-0.4, -0.2) is 58.7 Å². The van der Waals surface area contributed by atoms with Gasteiger partial charge in [0.2, 0.25) is 5.60 Å². The van der Waals surface area contributed by atoms with Gasteiger partial charge in [0.15, 0.2) is 17.5 Å². The molecule has 2 unspecified atom stereocenters. The van der Waals surface area contributed by atoms with Gasteiger partial charge in [0.1, 0.15) is 6.10 Å². The molecule has 154 valence electrons. The lowest BCUT2D eigenvalue weighted by Gasteiger charge is -2.37. The number of hydrogen-bond acceptors (Lipinski definition) is 6. The molecular weight excluding hydrogens is 386 g/mol. The number of likely N-dealkylation sites (tertiary alicyclic amines) is 1. The Hall–Kier alpha value is -3.41. The number of carbonyl (C=O) groups is 2. The smallest absolute Gasteiger partial charge is 0.271 e. The number of likely N-dealkylation sites (N-methyl/N-ethyl adjacent to an activating group) is 1. The first-order chi connectivity index (χ1) is 14.4. The van der Waals surface area contributed by atoms with Crippen LogP contribution in [0.5, 0.6) is 5.75 Å². The van der Waals surface area contributed by atoms with E-state index in [0.717, 1.165) is 5.56 Å². The zero-order valence-corrected chi connectivity index (χ0v) is 16.4. The minimum atomic E-state index is -1.64. The van der Waals surface area contributed by atoms with E-state index in [9.17, 15) is 14.7 Å². The van der Waals surface area contributed by atoms with E-state index in [2.05, 4.69) is 16.8 Å². The second kappa shape index (κ2) is 7.78. The molecule has 0 saturated carbocycles. The number of nitrogens with zero attached hydrogens (tertiary/aromatic N) is 2. The number of pyridine rings is 1. The highest BCUT2D eigenvalue weighted by molar-refractivity contribution is 5.93. The summed E-state index contributed by atoms with van der Waals surface area (Å²) in [6.45, 7) is 0.828. The predicted molar refractivity (Wildman–Crippen MR) is 106 cm³/mol. The van der Waals surface area contributed by atoms with Crippen molar-refractivity contribution in [3.8, 4) is 17.6 Å². The third-order valence-corrected chi connectivity index (χ3v) is 5.20. The third-order valence-electron chi connectivity index (χ3n) is 5.20. The molecule has 4 rings (SSSR count). The molecule has 2 amide bonds. The molecule has 3 N–H and O–H groups in total. The van der Waals surface area contributed by atoms with Gasteiger partial charge in [0.25, 0.3) is 11.8 Å². The fraction of sp³-hybridized carbons (Fsp3) is 0.318. The SMILES string of the molecule is CN1CC[C@@](O)(C#Cc2cccc(C3OCC3Oc3cccnc3C(N)=O)c2)C1=O. The molecule has 0 aliphatic carbocycles. The quantitative estimate of drug-likeness (QED) is 0.719. The number of ether oxygens (including phenoxy) is 2. The van der Waals surface area contributed by atoms with Gasteiger partial charge in [-0.25, -0.2) is 4.98 Å². The zero-order chi connectivity index (χ0) is 21.3. The van der Waals surface area contributed by atoms with Crippen LogP contribution in [0.25, 0.3) is 0 Å². The monoisotopic (exact) mass is 407 g/mol. The maximum absolute atomic E-state index is 12.1. The average Bonchev–Trinajstić information content (AvgIpc) is 2.98. The highest BCUT2D eigenvalue weighted by atomic mass is 16.6. The van der Waals surface area contributed by atoms with Crippen LogP contribution < -0.4 is 10.5 Å². The number of amides is 2. The van der Waals surface area contributed by atoms with E-state index in [1.165, 1.54) is 11.1 Å². The average molecular weight is 407 g/mol. The van der Waals surface area contributed by atoms with Crippen molar-refractivity contribution < 1.29 is 24.2 Å². The van der Waals surface area contributed by atoms with Crippen molar-refractivity contribution in [3.63, 3.8) is 0 Å². The lowest BCUT2D eigenvalue weighted by molar-refractivity contribution is -0.153. The Morgan fingerprint density at radius 3 is 2.90 bits per heavy atom. The Balaban J connectivity index is 1.51. The van der Waals surface area contributed by atoms with E-state index in [1.807, 2.05) is 18.2 Å². The molecule has 1 aromatic carbocycles. The van der Waals surface area contributed by atoms with E-state index in [4.69, 9.17) is 15.2 Å². The topological polar surface area (TPSA) is 115 Å². The van der Waals surface area contributed by atoms with Crippen molar-refractivity contribution >= 4 is 11.8 Å². The molecule has 0 bridgehead atoms. The van der Waals surface area contributed by atoms with Gasteiger partial charge in [0, 0.05) is 31.8 Å². The Bertz CT molecular complexity index is 1060. The number of carbonyl (C=O) groups excluding carboxylic acids is 2. The van der Waals surface area contributed by atoms with Crippen molar-refractivity contribution in [1.82, 2.24) is 9.88 Å². The highest BCUT2D eigenvalue weighted by Gasteiger charge is 2.42. The van der Waals surface area contributed by atoms with Gasteiger partial charge in [-0.2, -0.15) is 0 Å². The molecule has 0 radical (unpaired) electrons. The molecule has 1 aromatic heterocycles. The van der Waals surface area contributed by atoms with Crippen LogP contribution in [0.3, 0.4) is 0 Å². The standard InChI is InChI=1S/C22H21N3O5/c1-25-11-9-22(28,21(25)27)8-7-14-4-2-5-15(12-14)19-17(13-29-19)30-16-6-3-10-24-18(16)20(23)26/h2-6,10,12,17,19,28H,9,11,13H2,1H3,(H2,23,26)/t17?,19?,22-/m0/s1. The summed E-state index contributed by atoms with van der Waals surface area (Å²) in [7, 11) is 1.64. The first-order valence-electron chi connectivity index (χ1n) is 9.51. The summed E-state index contributed by atoms with van der Waals surface area (Å²) in [6, 6.07) is 10.6. The van der Waals surface area contributed by atoms with Crippen molar-refractivity contribution in [2.24, 2.45) is 5.73 Å². The van der Waals surface area contributed by atoms with Crippen LogP contribution in [0.1, 0.15) is 34.1 Å². The fourth-order valence-corrected chi connectivity index (χ4v) is 3.45. The molecule has 8 heteroatoms. The summed E-state index contributed by atoms with van der Waals surface area (Å²) in [5.41, 5.74) is 5.27. The van der Waals surface area contributed by atoms with Crippen LogP contribution in [0.2, 0.25) is 0 Å². The zero-order valence-electron chi connectivity index (χ0n) is 16.4. The molecule has 3 atom stereocenters. The van der Waals surface area contributed by atoms with Gasteiger partial charge in [-0.1, -0.05) is 24.0 Å². The molecule has 2 saturated heterocycles. The highest BCUT2D eigenvalue weighted by Crippen LogP contribution is 2.34. The predicted octanol–water partition coefficient (Wildman–Crippen LogP) is 0.644. The van der Waals surface area contributed by atoms with Crippen LogP contribution in [0.15, 0.2) is 42.6 Å². The minimum Gasteiger partial charge on any atom is -0.482 e. The van der Waals surface area contributed by atoms with Gasteiger partial charge >= 0.3 is 0 Å². The second-order valence-corrected chi connectivity index (χ2v) is 7.34. The number of benzene rings is 1. The molecule has 2 aliphatic rings. The van der Waals surface area contributed by atoms with Crippen LogP contribution in [0.4, 0.5) is 0 Å². The van der Waals surface area contributed by atoms with E-state index in [0.29, 0.717) is 24.5 Å². The van der Waals surface area contributed by atoms with E-state index >= 15 is 0 Å². The lowest BCUT2D eigenvalue weighted by atomic mass is 9.97. The van der Waals surface area contributed by atoms with Crippen LogP contribution in [0, 0.1) is 11.8 Å². The molecule has 2 aromatic rings. The van der Waals surface area contributed by atoms with E-state index in [1.54, 1.807) is 25.2 Å². The van der Waals surface area contributed by atoms with Crippen molar-refractivity contribution in [1.29, 1.82) is 0 Å². The normalized spacial score (nSPS) is 25.3. The van der Waals surface area contributed by atoms with E-state index in [-0.39, 0.29) is 30.2 Å². The molecule has 3 heterocycles. The second-order valence-electron chi connectivity index (χ2n) is 7.34. The van der Waals surface area contributed by atoms with Crippen molar-refractivity contribution in [2.75, 3.05) is 20.2 Å². The number of aliphatic hydroxyl groups is 1. The van der Waals surface area contributed by atoms with Crippen LogP contribution in [-0.2, 0) is 9.53 Å². The first-order valence-corrected chi connectivity index (χ1v) is 9.51. The Kier molecular flexibility index (Phi) is 5.16. The largest absolute Gasteiger partial charge is 0.482 e. The van der Waals surface area contributed by atoms with Gasteiger partial charge in [-0.15, -0.1) is 0 Å². The maximum atomic E-state index is 12.1. The first kappa shape index (κ1) is 19.9. The number of aromatic nitrogens is 1. The molecule has 30 heavy (non-hydrogen) atoms. The fourth-order valence-electron chi connectivity index (χ4n) is 3.45. The number of hydrogen-bond donors (Lipinski definition) is 2. The van der Waals surface area contributed by atoms with Crippen LogP contribution >= 0.6 is 0 Å². The summed E-state index contributed by atoms with van der Waals surface area (Å²) in [6.07, 6.45) is 1.09. The Morgan fingerprint density at radius 1 is 1.40 bits per heavy atom. The van der Waals surface area contributed by atoms with Gasteiger partial charge in [-0.3, -0.25) is 9.59 Å². The van der Waals surface area contributed by atoms with Gasteiger partial charge in [0.05, 0.1) is 6.61 Å². The summed E-state index contributed by atoms with van der Waals surface area (Å²) in [5.74, 6) is 4.87. The van der Waals surface area contributed by atoms with Crippen molar-refractivity contribution in [3.05, 3.63) is 59.4 Å². The minimum absolute atomic E-state index is 0.0715. The molecule has 0 spiro atoms. The third kappa shape index (κ3) is 3.73. The van der Waals surface area contributed by atoms with Gasteiger partial charge < -0.3 is 25.2 Å². The maximum Gasteiger partial charge on any atom is 0.271 e. The summed E-state index contributed by atoms with van der Waals surface area (Å²) < 4.78 is 11.6. The number of primary amides is 1. The molecule has 2 fully saturated rings.